The van der Waals surface area contributed by atoms with Crippen LogP contribution >= 0.6 is 45.8 Å². The molecule has 0 bridgehead atoms. The summed E-state index contributed by atoms with van der Waals surface area (Å²) in [5.74, 6) is -0.680. The van der Waals surface area contributed by atoms with Crippen LogP contribution in [0.1, 0.15) is 0 Å². The summed E-state index contributed by atoms with van der Waals surface area (Å²) >= 11 is 13.5. The van der Waals surface area contributed by atoms with Gasteiger partial charge in [-0.25, -0.2) is 12.8 Å². The molecule has 2 aromatic carbocycles. The van der Waals surface area contributed by atoms with Crippen LogP contribution in [0.25, 0.3) is 0 Å². The van der Waals surface area contributed by atoms with Gasteiger partial charge < -0.3 is 0 Å². The Morgan fingerprint density at radius 1 is 1.10 bits per heavy atom. The van der Waals surface area contributed by atoms with Crippen LogP contribution < -0.4 is 4.72 Å². The van der Waals surface area contributed by atoms with Crippen LogP contribution in [0.15, 0.2) is 41.3 Å². The van der Waals surface area contributed by atoms with Crippen LogP contribution in [0.3, 0.4) is 0 Å². The number of hydrogen-bond donors (Lipinski definition) is 1. The van der Waals surface area contributed by atoms with Crippen LogP contribution in [-0.2, 0) is 10.0 Å². The largest absolute Gasteiger partial charge is 0.279 e. The number of benzene rings is 2. The minimum atomic E-state index is -3.97. The topological polar surface area (TPSA) is 46.2 Å². The summed E-state index contributed by atoms with van der Waals surface area (Å²) in [6.07, 6.45) is 0. The Hall–Kier alpha value is -0.570. The van der Waals surface area contributed by atoms with E-state index >= 15 is 0 Å². The average Bonchev–Trinajstić information content (AvgIpc) is 2.35. The Kier molecular flexibility index (Phi) is 4.78. The van der Waals surface area contributed by atoms with Gasteiger partial charge in [-0.2, -0.15) is 0 Å². The molecule has 0 heterocycles. The molecule has 1 N–H and O–H groups in total. The van der Waals surface area contributed by atoms with E-state index in [1.165, 1.54) is 12.1 Å². The molecule has 0 fully saturated rings. The first-order valence-electron chi connectivity index (χ1n) is 5.22. The number of anilines is 1. The van der Waals surface area contributed by atoms with Gasteiger partial charge in [0.05, 0.1) is 10.7 Å². The van der Waals surface area contributed by atoms with Crippen molar-refractivity contribution >= 4 is 61.5 Å². The standard InChI is InChI=1S/C12H7Cl2FINO2S/c13-7-1-4-11(10(16)5-7)17-20(18,19)12-6-8(15)2-3-9(12)14/h1-6,17H. The molecule has 2 aromatic rings. The number of sulfonamides is 1. The highest BCUT2D eigenvalue weighted by Crippen LogP contribution is 2.28. The van der Waals surface area contributed by atoms with Crippen LogP contribution in [0.4, 0.5) is 10.1 Å². The zero-order valence-corrected chi connectivity index (χ0v) is 14.2. The molecule has 2 rings (SSSR count). The van der Waals surface area contributed by atoms with Crippen LogP contribution in [-0.4, -0.2) is 8.42 Å². The molecule has 0 radical (unpaired) electrons. The van der Waals surface area contributed by atoms with Gasteiger partial charge in [-0.05, 0) is 59.0 Å². The molecular weight excluding hydrogens is 439 g/mol. The summed E-state index contributed by atoms with van der Waals surface area (Å²) in [5.41, 5.74) is 0.343. The maximum atomic E-state index is 13.2. The molecule has 20 heavy (non-hydrogen) atoms. The van der Waals surface area contributed by atoms with Crippen molar-refractivity contribution in [3.63, 3.8) is 0 Å². The zero-order chi connectivity index (χ0) is 14.9. The van der Waals surface area contributed by atoms with E-state index < -0.39 is 15.8 Å². The third-order valence-electron chi connectivity index (χ3n) is 2.36. The predicted octanol–water partition coefficient (Wildman–Crippen LogP) is 4.54. The lowest BCUT2D eigenvalue weighted by Crippen LogP contribution is -2.14. The van der Waals surface area contributed by atoms with Gasteiger partial charge in [0, 0.05) is 8.59 Å². The van der Waals surface area contributed by atoms with Crippen LogP contribution in [0.5, 0.6) is 0 Å². The van der Waals surface area contributed by atoms with Gasteiger partial charge in [0.15, 0.2) is 0 Å². The van der Waals surface area contributed by atoms with E-state index in [1.54, 1.807) is 12.1 Å². The van der Waals surface area contributed by atoms with Crippen molar-refractivity contribution in [3.8, 4) is 0 Å². The van der Waals surface area contributed by atoms with E-state index in [-0.39, 0.29) is 9.92 Å². The molecular formula is C12H7Cl2FINO2S. The number of nitrogens with one attached hydrogen (secondary N) is 1. The van der Waals surface area contributed by atoms with E-state index in [0.717, 1.165) is 12.1 Å². The molecule has 106 valence electrons. The van der Waals surface area contributed by atoms with Gasteiger partial charge in [0.25, 0.3) is 10.0 Å². The summed E-state index contributed by atoms with van der Waals surface area (Å²) in [4.78, 5) is -0.315. The van der Waals surface area contributed by atoms with E-state index in [2.05, 4.69) is 4.72 Å². The predicted molar refractivity (Wildman–Crippen MR) is 86.4 cm³/mol. The Morgan fingerprint density at radius 2 is 1.80 bits per heavy atom. The maximum absolute atomic E-state index is 13.2. The van der Waals surface area contributed by atoms with Gasteiger partial charge in [0.2, 0.25) is 0 Å². The molecule has 8 heteroatoms. The maximum Gasteiger partial charge on any atom is 0.263 e. The second kappa shape index (κ2) is 6.05. The van der Waals surface area contributed by atoms with Crippen molar-refractivity contribution in [1.29, 1.82) is 0 Å². The SMILES string of the molecule is O=S(=O)(Nc1ccc(Cl)cc1I)c1cc(F)ccc1Cl. The normalized spacial score (nSPS) is 11.4. The second-order valence-electron chi connectivity index (χ2n) is 3.80. The summed E-state index contributed by atoms with van der Waals surface area (Å²) in [7, 11) is -3.97. The van der Waals surface area contributed by atoms with Crippen LogP contribution in [0.2, 0.25) is 10.0 Å². The fourth-order valence-electron chi connectivity index (χ4n) is 1.46. The lowest BCUT2D eigenvalue weighted by molar-refractivity contribution is 0.595. The first kappa shape index (κ1) is 15.8. The second-order valence-corrected chi connectivity index (χ2v) is 7.46. The molecule has 3 nitrogen and oxygen atoms in total. The average molecular weight is 446 g/mol. The van der Waals surface area contributed by atoms with E-state index in [0.29, 0.717) is 14.3 Å². The fraction of sp³-hybridized carbons (Fsp3) is 0. The Balaban J connectivity index is 2.43. The van der Waals surface area contributed by atoms with E-state index in [1.807, 2.05) is 22.6 Å². The minimum Gasteiger partial charge on any atom is -0.279 e. The molecule has 0 aromatic heterocycles. The Labute approximate surface area is 139 Å². The van der Waals surface area contributed by atoms with E-state index in [4.69, 9.17) is 23.2 Å². The summed E-state index contributed by atoms with van der Waals surface area (Å²) in [6, 6.07) is 7.83. The molecule has 0 unspecified atom stereocenters. The third kappa shape index (κ3) is 3.55. The smallest absolute Gasteiger partial charge is 0.263 e. The molecule has 0 spiro atoms. The highest BCUT2D eigenvalue weighted by atomic mass is 127. The van der Waals surface area contributed by atoms with Crippen molar-refractivity contribution in [2.24, 2.45) is 0 Å². The van der Waals surface area contributed by atoms with Crippen molar-refractivity contribution in [2.45, 2.75) is 4.90 Å². The monoisotopic (exact) mass is 445 g/mol. The van der Waals surface area contributed by atoms with Gasteiger partial charge >= 0.3 is 0 Å². The molecule has 0 aliphatic heterocycles. The van der Waals surface area contributed by atoms with Gasteiger partial charge in [0.1, 0.15) is 10.7 Å². The first-order valence-corrected chi connectivity index (χ1v) is 8.54. The highest BCUT2D eigenvalue weighted by Gasteiger charge is 2.20. The van der Waals surface area contributed by atoms with Gasteiger partial charge in [-0.15, -0.1) is 0 Å². The van der Waals surface area contributed by atoms with Gasteiger partial charge in [-0.1, -0.05) is 23.2 Å². The first-order chi connectivity index (χ1) is 9.29. The quantitative estimate of drug-likeness (QED) is 0.705. The molecule has 0 atom stereocenters. The molecule has 0 saturated heterocycles. The summed E-state index contributed by atoms with van der Waals surface area (Å²) < 4.78 is 40.6. The molecule has 0 aliphatic rings. The van der Waals surface area contributed by atoms with Crippen molar-refractivity contribution in [3.05, 3.63) is 55.8 Å². The Bertz CT molecular complexity index is 768. The summed E-state index contributed by atoms with van der Waals surface area (Å²) in [5, 5.41) is 0.434. The zero-order valence-electron chi connectivity index (χ0n) is 9.70. The fourth-order valence-corrected chi connectivity index (χ4v) is 4.24. The highest BCUT2D eigenvalue weighted by molar-refractivity contribution is 14.1. The van der Waals surface area contributed by atoms with E-state index in [9.17, 15) is 12.8 Å². The van der Waals surface area contributed by atoms with Crippen molar-refractivity contribution in [2.75, 3.05) is 4.72 Å². The minimum absolute atomic E-state index is 0.0529. The molecule has 0 amide bonds. The number of rotatable bonds is 3. The van der Waals surface area contributed by atoms with Crippen molar-refractivity contribution in [1.82, 2.24) is 0 Å². The third-order valence-corrected chi connectivity index (χ3v) is 5.33. The lowest BCUT2D eigenvalue weighted by atomic mass is 10.3. The molecule has 0 saturated carbocycles. The van der Waals surface area contributed by atoms with Crippen LogP contribution in [0, 0.1) is 9.39 Å². The summed E-state index contributed by atoms with van der Waals surface area (Å²) in [6.45, 7) is 0. The number of hydrogen-bond acceptors (Lipinski definition) is 2. The number of halogens is 4. The van der Waals surface area contributed by atoms with Gasteiger partial charge in [-0.3, -0.25) is 4.72 Å². The Morgan fingerprint density at radius 3 is 2.45 bits per heavy atom. The van der Waals surface area contributed by atoms with Crippen molar-refractivity contribution < 1.29 is 12.8 Å². The molecule has 0 aliphatic carbocycles. The lowest BCUT2D eigenvalue weighted by Gasteiger charge is -2.11.